The van der Waals surface area contributed by atoms with Gasteiger partial charge in [0.1, 0.15) is 5.82 Å². The van der Waals surface area contributed by atoms with Gasteiger partial charge in [-0.2, -0.15) is 0 Å². The number of rotatable bonds is 3. The number of anilines is 2. The fourth-order valence-corrected chi connectivity index (χ4v) is 3.59. The van der Waals surface area contributed by atoms with E-state index in [1.54, 1.807) is 6.07 Å². The summed E-state index contributed by atoms with van der Waals surface area (Å²) in [6.07, 6.45) is 5.58. The van der Waals surface area contributed by atoms with E-state index in [1.807, 2.05) is 0 Å². The molecule has 92 valence electrons. The minimum Gasteiger partial charge on any atom is -0.399 e. The van der Waals surface area contributed by atoms with Gasteiger partial charge in [0.15, 0.2) is 0 Å². The van der Waals surface area contributed by atoms with Crippen LogP contribution in [-0.4, -0.2) is 6.54 Å². The zero-order valence-electron chi connectivity index (χ0n) is 9.95. The molecule has 0 heterocycles. The molecule has 2 saturated carbocycles. The van der Waals surface area contributed by atoms with Gasteiger partial charge in [0.2, 0.25) is 0 Å². The second-order valence-corrected chi connectivity index (χ2v) is 5.59. The first-order valence-corrected chi connectivity index (χ1v) is 6.50. The van der Waals surface area contributed by atoms with Crippen molar-refractivity contribution in [3.05, 3.63) is 24.0 Å². The van der Waals surface area contributed by atoms with Crippen molar-refractivity contribution >= 4 is 11.4 Å². The number of nitrogen functional groups attached to an aromatic ring is 1. The SMILES string of the molecule is Nc1cc(F)cc(NCC2CC3CCC2C3)c1. The minimum absolute atomic E-state index is 0.263. The topological polar surface area (TPSA) is 38.0 Å². The first-order valence-electron chi connectivity index (χ1n) is 6.50. The standard InChI is InChI=1S/C14H19FN2/c15-12-5-13(16)7-14(6-12)17-8-11-4-9-1-2-10(11)3-9/h5-7,9-11,17H,1-4,8,16H2. The van der Waals surface area contributed by atoms with Crippen LogP contribution in [0, 0.1) is 23.6 Å². The lowest BCUT2D eigenvalue weighted by atomic mass is 9.89. The van der Waals surface area contributed by atoms with E-state index in [0.717, 1.165) is 30.0 Å². The summed E-state index contributed by atoms with van der Waals surface area (Å²) in [6, 6.07) is 4.67. The summed E-state index contributed by atoms with van der Waals surface area (Å²) in [5.74, 6) is 2.38. The fourth-order valence-electron chi connectivity index (χ4n) is 3.59. The number of benzene rings is 1. The fraction of sp³-hybridized carbons (Fsp3) is 0.571. The molecule has 3 unspecified atom stereocenters. The molecule has 0 amide bonds. The van der Waals surface area contributed by atoms with Crippen LogP contribution >= 0.6 is 0 Å². The summed E-state index contributed by atoms with van der Waals surface area (Å²) in [7, 11) is 0. The molecule has 0 aliphatic heterocycles. The molecule has 2 aliphatic carbocycles. The van der Waals surface area contributed by atoms with E-state index in [0.29, 0.717) is 5.69 Å². The Morgan fingerprint density at radius 3 is 2.76 bits per heavy atom. The van der Waals surface area contributed by atoms with Crippen LogP contribution in [0.2, 0.25) is 0 Å². The summed E-state index contributed by atoms with van der Waals surface area (Å²) in [4.78, 5) is 0. The van der Waals surface area contributed by atoms with Gasteiger partial charge in [-0.05, 0) is 55.2 Å². The van der Waals surface area contributed by atoms with E-state index in [-0.39, 0.29) is 5.82 Å². The van der Waals surface area contributed by atoms with Crippen LogP contribution in [0.15, 0.2) is 18.2 Å². The van der Waals surface area contributed by atoms with Crippen LogP contribution in [0.4, 0.5) is 15.8 Å². The van der Waals surface area contributed by atoms with Gasteiger partial charge in [-0.15, -0.1) is 0 Å². The number of fused-ring (bicyclic) bond motifs is 2. The van der Waals surface area contributed by atoms with Crippen molar-refractivity contribution in [2.45, 2.75) is 25.7 Å². The van der Waals surface area contributed by atoms with Gasteiger partial charge < -0.3 is 11.1 Å². The Hall–Kier alpha value is -1.25. The predicted molar refractivity (Wildman–Crippen MR) is 68.2 cm³/mol. The van der Waals surface area contributed by atoms with Crippen molar-refractivity contribution in [3.8, 4) is 0 Å². The quantitative estimate of drug-likeness (QED) is 0.788. The van der Waals surface area contributed by atoms with Crippen molar-refractivity contribution < 1.29 is 4.39 Å². The monoisotopic (exact) mass is 234 g/mol. The molecule has 3 atom stereocenters. The lowest BCUT2D eigenvalue weighted by Crippen LogP contribution is -2.20. The number of hydrogen-bond acceptors (Lipinski definition) is 2. The molecular formula is C14H19FN2. The largest absolute Gasteiger partial charge is 0.399 e. The van der Waals surface area contributed by atoms with Gasteiger partial charge in [-0.1, -0.05) is 6.42 Å². The van der Waals surface area contributed by atoms with Crippen LogP contribution in [0.1, 0.15) is 25.7 Å². The maximum absolute atomic E-state index is 13.2. The molecule has 2 nitrogen and oxygen atoms in total. The summed E-state index contributed by atoms with van der Waals surface area (Å²) in [6.45, 7) is 0.962. The summed E-state index contributed by atoms with van der Waals surface area (Å²) >= 11 is 0. The van der Waals surface area contributed by atoms with Gasteiger partial charge >= 0.3 is 0 Å². The molecule has 2 fully saturated rings. The van der Waals surface area contributed by atoms with Crippen molar-refractivity contribution in [2.24, 2.45) is 17.8 Å². The van der Waals surface area contributed by atoms with Crippen LogP contribution in [-0.2, 0) is 0 Å². The van der Waals surface area contributed by atoms with Crippen molar-refractivity contribution in [1.82, 2.24) is 0 Å². The average molecular weight is 234 g/mol. The Morgan fingerprint density at radius 2 is 2.12 bits per heavy atom. The molecule has 1 aromatic carbocycles. The molecule has 0 saturated heterocycles. The van der Waals surface area contributed by atoms with Crippen LogP contribution in [0.25, 0.3) is 0 Å². The average Bonchev–Trinajstić information content (AvgIpc) is 2.86. The van der Waals surface area contributed by atoms with Gasteiger partial charge in [0.05, 0.1) is 0 Å². The summed E-state index contributed by atoms with van der Waals surface area (Å²) in [5.41, 5.74) is 6.92. The van der Waals surface area contributed by atoms with E-state index in [2.05, 4.69) is 5.32 Å². The van der Waals surface area contributed by atoms with Crippen molar-refractivity contribution in [2.75, 3.05) is 17.6 Å². The lowest BCUT2D eigenvalue weighted by Gasteiger charge is -2.22. The highest BCUT2D eigenvalue weighted by molar-refractivity contribution is 5.54. The predicted octanol–water partition coefficient (Wildman–Crippen LogP) is 3.26. The Labute approximate surface area is 101 Å². The first kappa shape index (κ1) is 10.9. The third-order valence-electron chi connectivity index (χ3n) is 4.37. The molecule has 1 aromatic rings. The highest BCUT2D eigenvalue weighted by atomic mass is 19.1. The van der Waals surface area contributed by atoms with Crippen LogP contribution in [0.3, 0.4) is 0 Å². The third kappa shape index (κ3) is 2.24. The van der Waals surface area contributed by atoms with E-state index < -0.39 is 0 Å². The lowest BCUT2D eigenvalue weighted by molar-refractivity contribution is 0.348. The summed E-state index contributed by atoms with van der Waals surface area (Å²) < 4.78 is 13.2. The Kier molecular flexibility index (Phi) is 2.69. The zero-order valence-corrected chi connectivity index (χ0v) is 9.95. The molecule has 3 heteroatoms. The molecule has 3 rings (SSSR count). The number of hydrogen-bond donors (Lipinski definition) is 2. The molecule has 0 radical (unpaired) electrons. The molecule has 2 aliphatic rings. The molecule has 0 spiro atoms. The molecule has 0 aromatic heterocycles. The normalized spacial score (nSPS) is 30.8. The van der Waals surface area contributed by atoms with Crippen molar-refractivity contribution in [3.63, 3.8) is 0 Å². The molecule has 2 bridgehead atoms. The number of halogens is 1. The Morgan fingerprint density at radius 1 is 1.24 bits per heavy atom. The van der Waals surface area contributed by atoms with E-state index in [1.165, 1.54) is 37.8 Å². The first-order chi connectivity index (χ1) is 8.20. The second kappa shape index (κ2) is 4.21. The minimum atomic E-state index is -0.263. The summed E-state index contributed by atoms with van der Waals surface area (Å²) in [5, 5.41) is 3.33. The molecule has 17 heavy (non-hydrogen) atoms. The maximum atomic E-state index is 13.2. The van der Waals surface area contributed by atoms with E-state index >= 15 is 0 Å². The van der Waals surface area contributed by atoms with Gasteiger partial charge in [0.25, 0.3) is 0 Å². The van der Waals surface area contributed by atoms with Crippen LogP contribution < -0.4 is 11.1 Å². The van der Waals surface area contributed by atoms with Gasteiger partial charge in [-0.25, -0.2) is 4.39 Å². The highest BCUT2D eigenvalue weighted by Crippen LogP contribution is 2.48. The molecular weight excluding hydrogens is 215 g/mol. The maximum Gasteiger partial charge on any atom is 0.127 e. The third-order valence-corrected chi connectivity index (χ3v) is 4.37. The number of nitrogens with one attached hydrogen (secondary N) is 1. The van der Waals surface area contributed by atoms with Gasteiger partial charge in [0, 0.05) is 17.9 Å². The van der Waals surface area contributed by atoms with Gasteiger partial charge in [-0.3, -0.25) is 0 Å². The number of nitrogens with two attached hydrogens (primary N) is 1. The Balaban J connectivity index is 1.60. The van der Waals surface area contributed by atoms with E-state index in [9.17, 15) is 4.39 Å². The van der Waals surface area contributed by atoms with E-state index in [4.69, 9.17) is 5.73 Å². The second-order valence-electron chi connectivity index (χ2n) is 5.59. The zero-order chi connectivity index (χ0) is 11.8. The Bertz CT molecular complexity index is 398. The highest BCUT2D eigenvalue weighted by Gasteiger charge is 2.38. The van der Waals surface area contributed by atoms with Crippen molar-refractivity contribution in [1.29, 1.82) is 0 Å². The smallest absolute Gasteiger partial charge is 0.127 e. The van der Waals surface area contributed by atoms with Crippen LogP contribution in [0.5, 0.6) is 0 Å². The molecule has 3 N–H and O–H groups in total.